The molecule has 0 radical (unpaired) electrons. The van der Waals surface area contributed by atoms with Gasteiger partial charge in [-0.05, 0) is 60.6 Å². The minimum absolute atomic E-state index is 0.00713. The third-order valence-corrected chi connectivity index (χ3v) is 6.00. The largest absolute Gasteiger partial charge is 0.459 e. The van der Waals surface area contributed by atoms with Crippen molar-refractivity contribution in [3.8, 4) is 0 Å². The zero-order valence-electron chi connectivity index (χ0n) is 19.5. The third kappa shape index (κ3) is 7.25. The Labute approximate surface area is 185 Å². The monoisotopic (exact) mass is 457 g/mol. The Morgan fingerprint density at radius 2 is 1.74 bits per heavy atom. The third-order valence-electron chi connectivity index (χ3n) is 4.67. The summed E-state index contributed by atoms with van der Waals surface area (Å²) in [5, 5.41) is 3.08. The maximum absolute atomic E-state index is 13.3. The summed E-state index contributed by atoms with van der Waals surface area (Å²) < 4.78 is 48.3. The molecule has 0 amide bonds. The van der Waals surface area contributed by atoms with Crippen molar-refractivity contribution in [2.24, 2.45) is 0 Å². The molecule has 1 fully saturated rings. The lowest BCUT2D eigenvalue weighted by Gasteiger charge is -2.43. The quantitative estimate of drug-likeness (QED) is 0.379. The van der Waals surface area contributed by atoms with E-state index >= 15 is 0 Å². The van der Waals surface area contributed by atoms with Gasteiger partial charge in [-0.25, -0.2) is 4.79 Å². The first kappa shape index (κ1) is 25.7. The molecule has 1 saturated heterocycles. The van der Waals surface area contributed by atoms with Crippen LogP contribution in [-0.4, -0.2) is 57.2 Å². The number of benzene rings is 1. The first-order chi connectivity index (χ1) is 14.1. The molecule has 0 aliphatic carbocycles. The van der Waals surface area contributed by atoms with Gasteiger partial charge in [0.2, 0.25) is 0 Å². The molecule has 1 aromatic carbocycles. The molecule has 2 atom stereocenters. The van der Waals surface area contributed by atoms with Crippen LogP contribution in [-0.2, 0) is 33.3 Å². The standard InChI is InChI=1S/C22H35NO7S/c1-16-8-10-17(11-9-16)31(25,26)30-18-14-27-13-12-22(18,19(24)29-21(5,6)7)23-15-28-20(2,3)4/h8-11,18,23H,12-15H2,1-7H3. The highest BCUT2D eigenvalue weighted by Crippen LogP contribution is 2.30. The van der Waals surface area contributed by atoms with Crippen LogP contribution in [0, 0.1) is 6.92 Å². The van der Waals surface area contributed by atoms with E-state index in [4.69, 9.17) is 18.4 Å². The summed E-state index contributed by atoms with van der Waals surface area (Å²) in [7, 11) is -4.15. The van der Waals surface area contributed by atoms with Gasteiger partial charge in [-0.1, -0.05) is 17.7 Å². The summed E-state index contributed by atoms with van der Waals surface area (Å²) in [5.41, 5.74) is -1.76. The second-order valence-corrected chi connectivity index (χ2v) is 11.3. The molecule has 8 nitrogen and oxygen atoms in total. The second-order valence-electron chi connectivity index (χ2n) is 9.73. The van der Waals surface area contributed by atoms with E-state index in [0.717, 1.165) is 5.56 Å². The maximum atomic E-state index is 13.3. The number of nitrogens with one attached hydrogen (secondary N) is 1. The van der Waals surface area contributed by atoms with Crippen LogP contribution in [0.1, 0.15) is 53.5 Å². The highest BCUT2D eigenvalue weighted by molar-refractivity contribution is 7.86. The summed E-state index contributed by atoms with van der Waals surface area (Å²) in [4.78, 5) is 13.3. The number of hydrogen-bond donors (Lipinski definition) is 1. The first-order valence-corrected chi connectivity index (χ1v) is 11.8. The molecule has 0 spiro atoms. The van der Waals surface area contributed by atoms with Gasteiger partial charge in [0, 0.05) is 13.0 Å². The molecule has 1 aliphatic heterocycles. The van der Waals surface area contributed by atoms with Gasteiger partial charge in [-0.3, -0.25) is 9.50 Å². The van der Waals surface area contributed by atoms with E-state index in [9.17, 15) is 13.2 Å². The molecule has 1 aromatic rings. The van der Waals surface area contributed by atoms with Gasteiger partial charge in [-0.15, -0.1) is 0 Å². The highest BCUT2D eigenvalue weighted by Gasteiger charge is 2.52. The molecule has 0 bridgehead atoms. The van der Waals surface area contributed by atoms with E-state index in [-0.39, 0.29) is 31.3 Å². The number of hydrogen-bond acceptors (Lipinski definition) is 8. The Bertz CT molecular complexity index is 853. The summed E-state index contributed by atoms with van der Waals surface area (Å²) in [6.45, 7) is 12.9. The SMILES string of the molecule is Cc1ccc(S(=O)(=O)OC2COCCC2(NCOC(C)(C)C)C(=O)OC(C)(C)C)cc1. The zero-order chi connectivity index (χ0) is 23.5. The number of rotatable bonds is 7. The molecule has 1 heterocycles. The predicted octanol–water partition coefficient (Wildman–Crippen LogP) is 2.93. The lowest BCUT2D eigenvalue weighted by molar-refractivity contribution is -0.178. The van der Waals surface area contributed by atoms with Crippen molar-refractivity contribution in [1.82, 2.24) is 5.32 Å². The van der Waals surface area contributed by atoms with Gasteiger partial charge in [-0.2, -0.15) is 8.42 Å². The highest BCUT2D eigenvalue weighted by atomic mass is 32.2. The molecule has 1 N–H and O–H groups in total. The molecule has 0 aromatic heterocycles. The topological polar surface area (TPSA) is 100 Å². The number of carbonyl (C=O) groups excluding carboxylic acids is 1. The van der Waals surface area contributed by atoms with E-state index in [1.807, 2.05) is 27.7 Å². The molecule has 31 heavy (non-hydrogen) atoms. The molecular formula is C22H35NO7S. The molecule has 176 valence electrons. The average Bonchev–Trinajstić information content (AvgIpc) is 2.61. The van der Waals surface area contributed by atoms with Crippen LogP contribution in [0.4, 0.5) is 0 Å². The molecular weight excluding hydrogens is 422 g/mol. The molecule has 9 heteroatoms. The minimum Gasteiger partial charge on any atom is -0.459 e. The Morgan fingerprint density at radius 1 is 1.13 bits per heavy atom. The van der Waals surface area contributed by atoms with Crippen LogP contribution in [0.2, 0.25) is 0 Å². The van der Waals surface area contributed by atoms with Crippen LogP contribution in [0.5, 0.6) is 0 Å². The van der Waals surface area contributed by atoms with E-state index in [1.165, 1.54) is 12.1 Å². The molecule has 2 unspecified atom stereocenters. The van der Waals surface area contributed by atoms with E-state index in [1.54, 1.807) is 32.9 Å². The fraction of sp³-hybridized carbons (Fsp3) is 0.682. The Morgan fingerprint density at radius 3 is 2.29 bits per heavy atom. The van der Waals surface area contributed by atoms with Crippen molar-refractivity contribution in [1.29, 1.82) is 0 Å². The van der Waals surface area contributed by atoms with Crippen molar-refractivity contribution < 1.29 is 31.6 Å². The number of aryl methyl sites for hydroxylation is 1. The molecule has 1 aliphatic rings. The summed E-state index contributed by atoms with van der Waals surface area (Å²) >= 11 is 0. The van der Waals surface area contributed by atoms with Crippen LogP contribution in [0.15, 0.2) is 29.2 Å². The summed E-state index contributed by atoms with van der Waals surface area (Å²) in [6, 6.07) is 6.31. The summed E-state index contributed by atoms with van der Waals surface area (Å²) in [6.07, 6.45) is -0.963. The smallest absolute Gasteiger partial charge is 0.329 e. The zero-order valence-corrected chi connectivity index (χ0v) is 20.3. The van der Waals surface area contributed by atoms with Crippen molar-refractivity contribution in [2.75, 3.05) is 19.9 Å². The van der Waals surface area contributed by atoms with Crippen molar-refractivity contribution in [3.05, 3.63) is 29.8 Å². The Kier molecular flexibility index (Phi) is 7.92. The van der Waals surface area contributed by atoms with E-state index in [2.05, 4.69) is 5.32 Å². The Balaban J connectivity index is 2.37. The minimum atomic E-state index is -4.15. The molecule has 2 rings (SSSR count). The van der Waals surface area contributed by atoms with Crippen LogP contribution >= 0.6 is 0 Å². The van der Waals surface area contributed by atoms with E-state index in [0.29, 0.717) is 0 Å². The van der Waals surface area contributed by atoms with Gasteiger partial charge in [0.1, 0.15) is 11.7 Å². The van der Waals surface area contributed by atoms with Gasteiger partial charge in [0.15, 0.2) is 5.54 Å². The fourth-order valence-corrected chi connectivity index (χ4v) is 4.11. The average molecular weight is 458 g/mol. The number of esters is 1. The van der Waals surface area contributed by atoms with Gasteiger partial charge < -0.3 is 14.2 Å². The van der Waals surface area contributed by atoms with E-state index < -0.39 is 38.9 Å². The Hall–Kier alpha value is -1.52. The van der Waals surface area contributed by atoms with Crippen LogP contribution in [0.25, 0.3) is 0 Å². The number of ether oxygens (including phenoxy) is 3. The normalized spacial score (nSPS) is 22.9. The molecule has 0 saturated carbocycles. The predicted molar refractivity (Wildman–Crippen MR) is 116 cm³/mol. The van der Waals surface area contributed by atoms with Gasteiger partial charge in [0.25, 0.3) is 10.1 Å². The maximum Gasteiger partial charge on any atom is 0.329 e. The lowest BCUT2D eigenvalue weighted by Crippen LogP contribution is -2.67. The van der Waals surface area contributed by atoms with Crippen molar-refractivity contribution in [2.45, 2.75) is 82.6 Å². The summed E-state index contributed by atoms with van der Waals surface area (Å²) in [5.74, 6) is -0.607. The number of carbonyl (C=O) groups is 1. The van der Waals surface area contributed by atoms with Crippen molar-refractivity contribution in [3.63, 3.8) is 0 Å². The lowest BCUT2D eigenvalue weighted by atomic mass is 9.87. The van der Waals surface area contributed by atoms with Gasteiger partial charge >= 0.3 is 5.97 Å². The second kappa shape index (κ2) is 9.54. The van der Waals surface area contributed by atoms with Crippen LogP contribution in [0.3, 0.4) is 0 Å². The van der Waals surface area contributed by atoms with Gasteiger partial charge in [0.05, 0.1) is 23.8 Å². The van der Waals surface area contributed by atoms with Crippen LogP contribution < -0.4 is 5.32 Å². The fourth-order valence-electron chi connectivity index (χ4n) is 3.01. The first-order valence-electron chi connectivity index (χ1n) is 10.3. The van der Waals surface area contributed by atoms with Crippen molar-refractivity contribution >= 4 is 16.1 Å².